The number of hydrogen-bond donors (Lipinski definition) is 1. The Balaban J connectivity index is 1.74. The summed E-state index contributed by atoms with van der Waals surface area (Å²) in [6, 6.07) is 6.86. The average molecular weight is 692 g/mol. The number of aromatic nitrogens is 1. The number of carbonyl (C=O) groups excluding carboxylic acids is 2. The highest BCUT2D eigenvalue weighted by Gasteiger charge is 2.36. The lowest BCUT2D eigenvalue weighted by Gasteiger charge is -2.38. The number of aryl methyl sites for hydroxylation is 2. The molecule has 4 rings (SSSR count). The Morgan fingerprint density at radius 2 is 1.75 bits per heavy atom. The molecule has 0 radical (unpaired) electrons. The average Bonchev–Trinajstić information content (AvgIpc) is 2.96. The van der Waals surface area contributed by atoms with E-state index < -0.39 is 41.1 Å². The second-order valence-corrected chi connectivity index (χ2v) is 13.5. The third-order valence-electron chi connectivity index (χ3n) is 8.77. The van der Waals surface area contributed by atoms with Crippen LogP contribution in [0.1, 0.15) is 73.5 Å². The highest BCUT2D eigenvalue weighted by Crippen LogP contribution is 2.36. The van der Waals surface area contributed by atoms with Crippen molar-refractivity contribution in [3.63, 3.8) is 0 Å². The normalized spacial score (nSPS) is 15.3. The van der Waals surface area contributed by atoms with E-state index in [0.29, 0.717) is 31.3 Å². The molecule has 1 aliphatic rings. The molecule has 48 heavy (non-hydrogen) atoms. The number of amides is 1. The van der Waals surface area contributed by atoms with E-state index in [0.717, 1.165) is 27.5 Å². The van der Waals surface area contributed by atoms with E-state index >= 15 is 4.39 Å². The van der Waals surface area contributed by atoms with Crippen molar-refractivity contribution in [1.29, 1.82) is 0 Å². The molecule has 1 N–H and O–H groups in total. The first-order chi connectivity index (χ1) is 22.5. The van der Waals surface area contributed by atoms with Gasteiger partial charge in [0.1, 0.15) is 17.6 Å². The number of Topliss-reactive ketones (excluding diaryl/α,β-unsaturated/α-hetero) is 1. The second-order valence-electron chi connectivity index (χ2n) is 13.1. The van der Waals surface area contributed by atoms with Gasteiger partial charge in [0.2, 0.25) is 5.91 Å². The maximum Gasteiger partial charge on any atom is 0.416 e. The fourth-order valence-corrected chi connectivity index (χ4v) is 6.52. The van der Waals surface area contributed by atoms with Crippen LogP contribution in [0.4, 0.5) is 17.6 Å². The van der Waals surface area contributed by atoms with Gasteiger partial charge in [0, 0.05) is 51.0 Å². The molecule has 2 aromatic carbocycles. The molecule has 12 heteroatoms. The first-order valence-electron chi connectivity index (χ1n) is 15.9. The Morgan fingerprint density at radius 1 is 1.10 bits per heavy atom. The van der Waals surface area contributed by atoms with Gasteiger partial charge in [-0.3, -0.25) is 19.3 Å². The first kappa shape index (κ1) is 37.3. The standard InChI is InChI=1S/C36H42ClF4N3O4/c1-20(2)12-31(44-17-24(10-11-43-18-26(19-43)48-6)28(16-32(44)46)36(39,40)41)35(47)42-30(13-23(5)45)27-14-25(15-29(37)34(27)38)33-21(3)8-7-9-22(33)4/h7-9,14-17,20,26,30-31H,10-13,18-19H2,1-6H3,(H,42,47)/t30-,31-/m0/s1. The number of ether oxygens (including phenoxy) is 1. The summed E-state index contributed by atoms with van der Waals surface area (Å²) in [4.78, 5) is 41.7. The van der Waals surface area contributed by atoms with Crippen molar-refractivity contribution in [3.05, 3.63) is 91.6 Å². The molecule has 3 aromatic rings. The van der Waals surface area contributed by atoms with Gasteiger partial charge in [-0.05, 0) is 79.5 Å². The molecule has 7 nitrogen and oxygen atoms in total. The van der Waals surface area contributed by atoms with Gasteiger partial charge in [-0.1, -0.05) is 43.6 Å². The van der Waals surface area contributed by atoms with Crippen LogP contribution in [0, 0.1) is 25.6 Å². The van der Waals surface area contributed by atoms with Gasteiger partial charge in [0.25, 0.3) is 5.56 Å². The van der Waals surface area contributed by atoms with Crippen LogP contribution in [0.5, 0.6) is 0 Å². The number of benzene rings is 2. The highest BCUT2D eigenvalue weighted by molar-refractivity contribution is 6.31. The zero-order chi connectivity index (χ0) is 35.5. The number of rotatable bonds is 13. The van der Waals surface area contributed by atoms with Crippen molar-refractivity contribution in [1.82, 2.24) is 14.8 Å². The lowest BCUT2D eigenvalue weighted by molar-refractivity contribution is -0.138. The maximum atomic E-state index is 15.7. The van der Waals surface area contributed by atoms with Crippen molar-refractivity contribution in [2.45, 2.75) is 78.2 Å². The van der Waals surface area contributed by atoms with Crippen molar-refractivity contribution >= 4 is 23.3 Å². The van der Waals surface area contributed by atoms with Crippen LogP contribution in [0.2, 0.25) is 5.02 Å². The molecule has 0 spiro atoms. The molecule has 260 valence electrons. The Labute approximate surface area is 283 Å². The minimum atomic E-state index is -4.78. The van der Waals surface area contributed by atoms with Gasteiger partial charge in [-0.15, -0.1) is 0 Å². The Kier molecular flexibility index (Phi) is 11.9. The van der Waals surface area contributed by atoms with E-state index in [1.54, 1.807) is 13.2 Å². The lowest BCUT2D eigenvalue weighted by Crippen LogP contribution is -2.52. The fourth-order valence-electron chi connectivity index (χ4n) is 6.30. The van der Waals surface area contributed by atoms with Crippen LogP contribution < -0.4 is 10.9 Å². The Hall–Kier alpha value is -3.54. The molecule has 2 atom stereocenters. The SMILES string of the molecule is COC1CN(CCc2cn([C@@H](CC(C)C)C(=O)N[C@@H](CC(C)=O)c3cc(-c4c(C)cccc4C)cc(Cl)c3F)c(=O)cc2C(F)(F)F)C1. The number of pyridine rings is 1. The van der Waals surface area contributed by atoms with Crippen LogP contribution in [0.25, 0.3) is 11.1 Å². The Bertz CT molecular complexity index is 1700. The smallest absolute Gasteiger partial charge is 0.379 e. The molecule has 0 saturated carbocycles. The summed E-state index contributed by atoms with van der Waals surface area (Å²) in [5.41, 5.74) is 1.06. The summed E-state index contributed by atoms with van der Waals surface area (Å²) in [5, 5.41) is 2.55. The number of alkyl halides is 3. The van der Waals surface area contributed by atoms with E-state index in [-0.39, 0.29) is 53.2 Å². The van der Waals surface area contributed by atoms with Crippen molar-refractivity contribution in [2.24, 2.45) is 5.92 Å². The number of ketones is 1. The number of hydrogen-bond acceptors (Lipinski definition) is 5. The summed E-state index contributed by atoms with van der Waals surface area (Å²) in [5.74, 6) is -2.05. The predicted molar refractivity (Wildman–Crippen MR) is 178 cm³/mol. The molecule has 0 unspecified atom stereocenters. The highest BCUT2D eigenvalue weighted by atomic mass is 35.5. The first-order valence-corrected chi connectivity index (χ1v) is 16.3. The zero-order valence-corrected chi connectivity index (χ0v) is 28.8. The van der Waals surface area contributed by atoms with Gasteiger partial charge >= 0.3 is 6.18 Å². The summed E-state index contributed by atoms with van der Waals surface area (Å²) >= 11 is 6.37. The van der Waals surface area contributed by atoms with Crippen LogP contribution >= 0.6 is 11.6 Å². The number of nitrogens with one attached hydrogen (secondary N) is 1. The van der Waals surface area contributed by atoms with E-state index in [1.165, 1.54) is 13.0 Å². The topological polar surface area (TPSA) is 80.6 Å². The third kappa shape index (κ3) is 8.73. The molecular weight excluding hydrogens is 650 g/mol. The number of methoxy groups -OCH3 is 1. The minimum absolute atomic E-state index is 0.0106. The molecular formula is C36H42ClF4N3O4. The number of nitrogens with zero attached hydrogens (tertiary/aromatic N) is 2. The lowest BCUT2D eigenvalue weighted by atomic mass is 9.91. The van der Waals surface area contributed by atoms with Gasteiger partial charge in [0.15, 0.2) is 0 Å². The fraction of sp³-hybridized carbons (Fsp3) is 0.472. The molecule has 2 heterocycles. The number of carbonyl (C=O) groups is 2. The van der Waals surface area contributed by atoms with Crippen LogP contribution in [0.3, 0.4) is 0 Å². The van der Waals surface area contributed by atoms with E-state index in [1.807, 2.05) is 50.8 Å². The van der Waals surface area contributed by atoms with E-state index in [4.69, 9.17) is 16.3 Å². The van der Waals surface area contributed by atoms with Gasteiger partial charge < -0.3 is 14.6 Å². The van der Waals surface area contributed by atoms with Crippen molar-refractivity contribution in [3.8, 4) is 11.1 Å². The summed E-state index contributed by atoms with van der Waals surface area (Å²) in [7, 11) is 1.57. The molecule has 1 saturated heterocycles. The zero-order valence-electron chi connectivity index (χ0n) is 28.0. The monoisotopic (exact) mass is 691 g/mol. The second kappa shape index (κ2) is 15.3. The van der Waals surface area contributed by atoms with Gasteiger partial charge in [0.05, 0.1) is 22.7 Å². The maximum absolute atomic E-state index is 15.7. The van der Waals surface area contributed by atoms with E-state index in [9.17, 15) is 27.6 Å². The molecule has 1 amide bonds. The Morgan fingerprint density at radius 3 is 2.31 bits per heavy atom. The molecule has 1 aromatic heterocycles. The van der Waals surface area contributed by atoms with Gasteiger partial charge in [-0.25, -0.2) is 4.39 Å². The molecule has 1 aliphatic heterocycles. The quantitative estimate of drug-likeness (QED) is 0.191. The largest absolute Gasteiger partial charge is 0.416 e. The predicted octanol–water partition coefficient (Wildman–Crippen LogP) is 7.24. The minimum Gasteiger partial charge on any atom is -0.379 e. The van der Waals surface area contributed by atoms with Crippen LogP contribution in [0.15, 0.2) is 47.4 Å². The molecule has 0 bridgehead atoms. The van der Waals surface area contributed by atoms with Crippen molar-refractivity contribution in [2.75, 3.05) is 26.7 Å². The summed E-state index contributed by atoms with van der Waals surface area (Å²) in [6.07, 6.45) is -3.85. The van der Waals surface area contributed by atoms with Crippen LogP contribution in [-0.4, -0.2) is 54.0 Å². The number of likely N-dealkylation sites (tertiary alicyclic amines) is 1. The number of halogens is 5. The molecule has 0 aliphatic carbocycles. The summed E-state index contributed by atoms with van der Waals surface area (Å²) < 4.78 is 64.2. The van der Waals surface area contributed by atoms with E-state index in [2.05, 4.69) is 5.32 Å². The summed E-state index contributed by atoms with van der Waals surface area (Å²) in [6.45, 7) is 10.2. The van der Waals surface area contributed by atoms with Crippen LogP contribution in [-0.2, 0) is 26.9 Å². The molecule has 1 fully saturated rings. The van der Waals surface area contributed by atoms with Crippen molar-refractivity contribution < 1.29 is 31.9 Å². The third-order valence-corrected chi connectivity index (χ3v) is 9.04. The van der Waals surface area contributed by atoms with Gasteiger partial charge in [-0.2, -0.15) is 13.2 Å².